The van der Waals surface area contributed by atoms with Gasteiger partial charge in [-0.25, -0.2) is 0 Å². The van der Waals surface area contributed by atoms with Crippen LogP contribution in [0.25, 0.3) is 0 Å². The molecular weight excluding hydrogens is 264 g/mol. The topological polar surface area (TPSA) is 62.1 Å². The third-order valence-corrected chi connectivity index (χ3v) is 2.90. The van der Waals surface area contributed by atoms with Gasteiger partial charge in [-0.1, -0.05) is 17.7 Å². The molecule has 1 aromatic rings. The molecule has 4 nitrogen and oxygen atoms in total. The average molecular weight is 279 g/mol. The second-order valence-electron chi connectivity index (χ2n) is 3.76. The number of hydrogen-bond acceptors (Lipinski definition) is 3. The van der Waals surface area contributed by atoms with E-state index in [0.717, 1.165) is 5.56 Å². The Labute approximate surface area is 117 Å². The maximum atomic E-state index is 11.9. The minimum Gasteiger partial charge on any atom is -0.378 e. The van der Waals surface area contributed by atoms with Gasteiger partial charge in [0, 0.05) is 17.3 Å². The zero-order valence-corrected chi connectivity index (χ0v) is 11.6. The predicted octanol–water partition coefficient (Wildman–Crippen LogP) is 3.07. The van der Waals surface area contributed by atoms with Gasteiger partial charge in [0.15, 0.2) is 0 Å². The summed E-state index contributed by atoms with van der Waals surface area (Å²) in [5, 5.41) is 12.2. The summed E-state index contributed by atoms with van der Waals surface area (Å²) in [6, 6.07) is 7.06. The Balaban J connectivity index is 2.81. The molecular formula is C14H15ClN2O2. The number of nitrogens with one attached hydrogen (secondary N) is 1. The van der Waals surface area contributed by atoms with Crippen LogP contribution in [0.15, 0.2) is 29.8 Å². The molecule has 0 aliphatic carbocycles. The van der Waals surface area contributed by atoms with E-state index in [2.05, 4.69) is 5.32 Å². The largest absolute Gasteiger partial charge is 0.378 e. The first-order valence-electron chi connectivity index (χ1n) is 5.84. The Morgan fingerprint density at radius 2 is 2.32 bits per heavy atom. The highest BCUT2D eigenvalue weighted by Gasteiger charge is 2.11. The van der Waals surface area contributed by atoms with Crippen molar-refractivity contribution in [2.75, 3.05) is 18.5 Å². The monoisotopic (exact) mass is 278 g/mol. The summed E-state index contributed by atoms with van der Waals surface area (Å²) in [4.78, 5) is 11.9. The van der Waals surface area contributed by atoms with Gasteiger partial charge in [-0.2, -0.15) is 5.26 Å². The van der Waals surface area contributed by atoms with E-state index in [1.165, 1.54) is 6.08 Å². The van der Waals surface area contributed by atoms with E-state index in [-0.39, 0.29) is 12.2 Å². The molecule has 0 saturated carbocycles. The number of rotatable bonds is 5. The van der Waals surface area contributed by atoms with Crippen LogP contribution >= 0.6 is 11.6 Å². The van der Waals surface area contributed by atoms with Crippen molar-refractivity contribution in [1.29, 1.82) is 5.26 Å². The van der Waals surface area contributed by atoms with E-state index in [4.69, 9.17) is 21.6 Å². The molecule has 0 heterocycles. The van der Waals surface area contributed by atoms with E-state index in [1.54, 1.807) is 25.1 Å². The van der Waals surface area contributed by atoms with Crippen LogP contribution in [0.2, 0.25) is 5.02 Å². The lowest BCUT2D eigenvalue weighted by atomic mass is 10.2. The molecule has 1 rings (SSSR count). The summed E-state index contributed by atoms with van der Waals surface area (Å²) in [6.45, 7) is 4.41. The van der Waals surface area contributed by atoms with Crippen molar-refractivity contribution < 1.29 is 9.53 Å². The highest BCUT2D eigenvalue weighted by Crippen LogP contribution is 2.23. The molecule has 0 aliphatic heterocycles. The van der Waals surface area contributed by atoms with Gasteiger partial charge in [0.05, 0.1) is 6.61 Å². The quantitative estimate of drug-likeness (QED) is 0.511. The minimum atomic E-state index is -0.465. The molecule has 0 saturated heterocycles. The van der Waals surface area contributed by atoms with Gasteiger partial charge < -0.3 is 10.1 Å². The van der Waals surface area contributed by atoms with Crippen molar-refractivity contribution in [2.45, 2.75) is 13.8 Å². The molecule has 100 valence electrons. The van der Waals surface area contributed by atoms with Crippen molar-refractivity contribution >= 4 is 23.2 Å². The molecule has 1 amide bonds. The Bertz CT molecular complexity index is 533. The number of anilines is 1. The van der Waals surface area contributed by atoms with Gasteiger partial charge in [0.1, 0.15) is 11.6 Å². The summed E-state index contributed by atoms with van der Waals surface area (Å²) in [7, 11) is 0. The van der Waals surface area contributed by atoms with E-state index in [1.807, 2.05) is 13.0 Å². The van der Waals surface area contributed by atoms with Gasteiger partial charge in [-0.3, -0.25) is 4.79 Å². The number of ether oxygens (including phenoxy) is 1. The smallest absolute Gasteiger partial charge is 0.266 e. The molecule has 1 aromatic carbocycles. The summed E-state index contributed by atoms with van der Waals surface area (Å²) >= 11 is 5.96. The summed E-state index contributed by atoms with van der Waals surface area (Å²) < 4.78 is 5.08. The third kappa shape index (κ3) is 4.40. The minimum absolute atomic E-state index is 0.0211. The second kappa shape index (κ2) is 7.57. The molecule has 0 unspecified atom stereocenters. The van der Waals surface area contributed by atoms with Gasteiger partial charge in [0.25, 0.3) is 5.91 Å². The molecule has 0 bridgehead atoms. The van der Waals surface area contributed by atoms with E-state index in [0.29, 0.717) is 17.3 Å². The van der Waals surface area contributed by atoms with Gasteiger partial charge in [-0.05, 0) is 37.6 Å². The van der Waals surface area contributed by atoms with Gasteiger partial charge in [-0.15, -0.1) is 0 Å². The Hall–Kier alpha value is -1.83. The number of halogens is 1. The van der Waals surface area contributed by atoms with Crippen LogP contribution in [0, 0.1) is 18.3 Å². The lowest BCUT2D eigenvalue weighted by Crippen LogP contribution is -2.15. The zero-order chi connectivity index (χ0) is 14.3. The zero-order valence-electron chi connectivity index (χ0n) is 10.9. The number of amides is 1. The normalized spacial score (nSPS) is 10.9. The van der Waals surface area contributed by atoms with Crippen LogP contribution in [0.1, 0.15) is 12.5 Å². The van der Waals surface area contributed by atoms with Crippen LogP contribution < -0.4 is 5.32 Å². The molecule has 1 N–H and O–H groups in total. The lowest BCUT2D eigenvalue weighted by molar-refractivity contribution is -0.112. The number of carbonyl (C=O) groups is 1. The van der Waals surface area contributed by atoms with Crippen molar-refractivity contribution in [3.05, 3.63) is 40.4 Å². The van der Waals surface area contributed by atoms with Crippen molar-refractivity contribution in [3.8, 4) is 6.07 Å². The van der Waals surface area contributed by atoms with Gasteiger partial charge in [0.2, 0.25) is 0 Å². The fraction of sp³-hybridized carbons (Fsp3) is 0.286. The molecule has 0 aromatic heterocycles. The first-order valence-corrected chi connectivity index (χ1v) is 6.22. The number of benzene rings is 1. The van der Waals surface area contributed by atoms with Crippen LogP contribution in [0.3, 0.4) is 0 Å². The van der Waals surface area contributed by atoms with Crippen LogP contribution in [0.4, 0.5) is 5.69 Å². The molecule has 5 heteroatoms. The Kier molecular flexibility index (Phi) is 6.07. The lowest BCUT2D eigenvalue weighted by Gasteiger charge is -2.08. The molecule has 0 atom stereocenters. The maximum absolute atomic E-state index is 11.9. The second-order valence-corrected chi connectivity index (χ2v) is 4.16. The van der Waals surface area contributed by atoms with Crippen molar-refractivity contribution in [3.63, 3.8) is 0 Å². The molecule has 0 radical (unpaired) electrons. The number of nitriles is 1. The molecule has 19 heavy (non-hydrogen) atoms. The SMILES string of the molecule is CCOCC=C(C#N)C(=O)Nc1cccc(Cl)c1C. The standard InChI is InChI=1S/C14H15ClN2O2/c1-3-19-8-7-11(9-16)14(18)17-13-6-4-5-12(15)10(13)2/h4-7H,3,8H2,1-2H3,(H,17,18). The summed E-state index contributed by atoms with van der Waals surface area (Å²) in [5.41, 5.74) is 1.38. The fourth-order valence-corrected chi connectivity index (χ4v) is 1.56. The van der Waals surface area contributed by atoms with E-state index >= 15 is 0 Å². The molecule has 0 aliphatic rings. The first kappa shape index (κ1) is 15.2. The highest BCUT2D eigenvalue weighted by atomic mass is 35.5. The average Bonchev–Trinajstić information content (AvgIpc) is 2.40. The Morgan fingerprint density at radius 1 is 1.58 bits per heavy atom. The highest BCUT2D eigenvalue weighted by molar-refractivity contribution is 6.31. The van der Waals surface area contributed by atoms with E-state index < -0.39 is 5.91 Å². The predicted molar refractivity (Wildman–Crippen MR) is 75.0 cm³/mol. The summed E-state index contributed by atoms with van der Waals surface area (Å²) in [6.07, 6.45) is 1.46. The first-order chi connectivity index (χ1) is 9.10. The fourth-order valence-electron chi connectivity index (χ4n) is 1.38. The number of hydrogen-bond donors (Lipinski definition) is 1. The van der Waals surface area contributed by atoms with Gasteiger partial charge >= 0.3 is 0 Å². The van der Waals surface area contributed by atoms with Crippen LogP contribution in [0.5, 0.6) is 0 Å². The Morgan fingerprint density at radius 3 is 2.95 bits per heavy atom. The molecule has 0 fully saturated rings. The molecule has 0 spiro atoms. The number of carbonyl (C=O) groups excluding carboxylic acids is 1. The van der Waals surface area contributed by atoms with Crippen LogP contribution in [-0.4, -0.2) is 19.1 Å². The van der Waals surface area contributed by atoms with Crippen molar-refractivity contribution in [2.24, 2.45) is 0 Å². The maximum Gasteiger partial charge on any atom is 0.266 e. The van der Waals surface area contributed by atoms with E-state index in [9.17, 15) is 4.79 Å². The third-order valence-electron chi connectivity index (χ3n) is 2.49. The van der Waals surface area contributed by atoms with Crippen molar-refractivity contribution in [1.82, 2.24) is 0 Å². The number of nitrogens with zero attached hydrogens (tertiary/aromatic N) is 1. The summed E-state index contributed by atoms with van der Waals surface area (Å²) in [5.74, 6) is -0.465. The van der Waals surface area contributed by atoms with Crippen LogP contribution in [-0.2, 0) is 9.53 Å².